The van der Waals surface area contributed by atoms with Crippen molar-refractivity contribution in [3.8, 4) is 0 Å². The van der Waals surface area contributed by atoms with Gasteiger partial charge in [-0.3, -0.25) is 0 Å². The first kappa shape index (κ1) is 19.6. The van der Waals surface area contributed by atoms with E-state index in [1.165, 1.54) is 0 Å². The Morgan fingerprint density at radius 3 is 1.00 bits per heavy atom. The molecule has 0 aromatic heterocycles. The summed E-state index contributed by atoms with van der Waals surface area (Å²) in [6, 6.07) is 0. The Labute approximate surface area is 52.2 Å². The van der Waals surface area contributed by atoms with Gasteiger partial charge in [0.2, 0.25) is 0 Å². The van der Waals surface area contributed by atoms with Gasteiger partial charge in [0.05, 0.1) is 0 Å². The largest absolute Gasteiger partial charge is 0 e. The maximum atomic E-state index is 7.50. The van der Waals surface area contributed by atoms with Gasteiger partial charge in [0.1, 0.15) is 0 Å². The molecule has 0 N–H and O–H groups in total. The first-order chi connectivity index (χ1) is 1.00. The number of hydrogen-bond acceptors (Lipinski definition) is 0. The van der Waals surface area contributed by atoms with E-state index in [0.717, 1.165) is 0 Å². The third-order valence-corrected chi connectivity index (χ3v) is 0. The molecule has 1 nitrogen and oxygen atoms in total. The van der Waals surface area contributed by atoms with Crippen LogP contribution in [0.2, 0.25) is 0 Å². The third kappa shape index (κ3) is 11.5. The molecule has 0 radical (unpaired) electrons. The van der Waals surface area contributed by atoms with E-state index in [2.05, 4.69) is 6.65 Å². The van der Waals surface area contributed by atoms with Gasteiger partial charge in [0, 0.05) is 40.8 Å². The molecule has 0 aliphatic carbocycles. The Morgan fingerprint density at radius 2 is 1.00 bits per heavy atom. The van der Waals surface area contributed by atoms with Crippen LogP contribution in [0.1, 0.15) is 0 Å². The van der Waals surface area contributed by atoms with Gasteiger partial charge in [-0.1, -0.05) is 0 Å². The average molecular weight is 241 g/mol. The summed E-state index contributed by atoms with van der Waals surface area (Å²) in [7, 11) is 0. The molecule has 4 heavy (non-hydrogen) atoms. The Bertz CT molecular complexity index is 10.8. The topological polar surface area (TPSA) is 19.9 Å². The van der Waals surface area contributed by atoms with Crippen LogP contribution in [0.25, 0.3) is 0 Å². The molecule has 0 saturated carbocycles. The van der Waals surface area contributed by atoms with Gasteiger partial charge >= 0.3 is 11.3 Å². The second-order valence-electron chi connectivity index (χ2n) is 0. The monoisotopic (exact) mass is 240 g/mol. The summed E-state index contributed by atoms with van der Waals surface area (Å²) in [6.45, 7) is 4.50. The summed E-state index contributed by atoms with van der Waals surface area (Å²) in [6.07, 6.45) is 0. The molecule has 0 unspecified atom stereocenters. The minimum absolute atomic E-state index is 0. The predicted octanol–water partition coefficient (Wildman–Crippen LogP) is -0.0425. The summed E-state index contributed by atoms with van der Waals surface area (Å²) in [5.74, 6) is 0. The fraction of sp³-hybridized carbons (Fsp3) is 0. The van der Waals surface area contributed by atoms with E-state index in [-0.39, 0.29) is 40.8 Å². The molecule has 0 rings (SSSR count). The Morgan fingerprint density at radius 1 is 1.00 bits per heavy atom. The first-order valence-corrected chi connectivity index (χ1v) is 0.204. The van der Waals surface area contributed by atoms with E-state index in [9.17, 15) is 0 Å². The van der Waals surface area contributed by atoms with Crippen LogP contribution in [0.4, 0.5) is 0 Å². The van der Waals surface area contributed by atoms with Crippen molar-refractivity contribution in [2.75, 3.05) is 0 Å². The van der Waals surface area contributed by atoms with Crippen LogP contribution in [0.5, 0.6) is 0 Å². The quantitative estimate of drug-likeness (QED) is 0.322. The van der Waals surface area contributed by atoms with Gasteiger partial charge in [-0.15, -0.1) is 0 Å². The molecule has 0 bridgehead atoms. The molecule has 0 atom stereocenters. The maximum Gasteiger partial charge on any atom is 0 e. The minimum Gasteiger partial charge on any atom is 0 e. The van der Waals surface area contributed by atoms with Gasteiger partial charge in [-0.25, -0.2) is 0 Å². The SMILES string of the molecule is [C-]#[O+].[Pd].[Pd]. The number of rotatable bonds is 0. The summed E-state index contributed by atoms with van der Waals surface area (Å²) < 4.78 is 7.50. The van der Waals surface area contributed by atoms with Crippen molar-refractivity contribution in [3.63, 3.8) is 0 Å². The van der Waals surface area contributed by atoms with Crippen molar-refractivity contribution in [2.24, 2.45) is 0 Å². The van der Waals surface area contributed by atoms with Crippen molar-refractivity contribution in [1.29, 1.82) is 0 Å². The van der Waals surface area contributed by atoms with Gasteiger partial charge in [0.25, 0.3) is 0 Å². The molecule has 0 spiro atoms. The van der Waals surface area contributed by atoms with Crippen LogP contribution < -0.4 is 0 Å². The van der Waals surface area contributed by atoms with E-state index in [1.54, 1.807) is 0 Å². The first-order valence-electron chi connectivity index (χ1n) is 0.204. The van der Waals surface area contributed by atoms with E-state index < -0.39 is 0 Å². The van der Waals surface area contributed by atoms with Crippen LogP contribution in [0.3, 0.4) is 0 Å². The van der Waals surface area contributed by atoms with E-state index in [1.807, 2.05) is 0 Å². The Kier molecular flexibility index (Phi) is 165. The van der Waals surface area contributed by atoms with Crippen molar-refractivity contribution in [3.05, 3.63) is 6.65 Å². The minimum atomic E-state index is 0. The molecule has 3 heteroatoms. The maximum absolute atomic E-state index is 7.50. The molecule has 0 aromatic rings. The summed E-state index contributed by atoms with van der Waals surface area (Å²) in [4.78, 5) is 0. The molecular formula is COPd2. The molecule has 0 amide bonds. The predicted molar refractivity (Wildman–Crippen MR) is 3.93 cm³/mol. The standard InChI is InChI=1S/CO.2Pd/c1-2;;. The van der Waals surface area contributed by atoms with Crippen LogP contribution in [-0.2, 0) is 45.5 Å². The van der Waals surface area contributed by atoms with E-state index in [4.69, 9.17) is 4.65 Å². The summed E-state index contributed by atoms with van der Waals surface area (Å²) in [5, 5.41) is 0. The molecule has 0 aliphatic rings. The molecule has 0 fully saturated rings. The van der Waals surface area contributed by atoms with Crippen LogP contribution in [0.15, 0.2) is 0 Å². The molecular weight excluding hydrogens is 241 g/mol. The summed E-state index contributed by atoms with van der Waals surface area (Å²) >= 11 is 0. The molecule has 0 aliphatic heterocycles. The normalized spacial score (nSPS) is 0.500. The third-order valence-electron chi connectivity index (χ3n) is 0. The Balaban J connectivity index is -0.00000000500. The second-order valence-corrected chi connectivity index (χ2v) is 0. The van der Waals surface area contributed by atoms with Gasteiger partial charge in [0.15, 0.2) is 0 Å². The summed E-state index contributed by atoms with van der Waals surface area (Å²) in [5.41, 5.74) is 0. The van der Waals surface area contributed by atoms with Crippen molar-refractivity contribution in [1.82, 2.24) is 0 Å². The zero-order valence-corrected chi connectivity index (χ0v) is 4.65. The molecule has 30 valence electrons. The van der Waals surface area contributed by atoms with Gasteiger partial charge < -0.3 is 0 Å². The van der Waals surface area contributed by atoms with Gasteiger partial charge in [-0.2, -0.15) is 0 Å². The van der Waals surface area contributed by atoms with E-state index >= 15 is 0 Å². The second kappa shape index (κ2) is 33.7. The average Bonchev–Trinajstić information content (AvgIpc) is 1.00. The molecule has 0 saturated heterocycles. The number of hydrogen-bond donors (Lipinski definition) is 0. The molecule has 0 aromatic carbocycles. The fourth-order valence-electron chi connectivity index (χ4n) is 0. The smallest absolute Gasteiger partial charge is 0 e. The van der Waals surface area contributed by atoms with Crippen molar-refractivity contribution < 1.29 is 45.5 Å². The Hall–Kier alpha value is 1.06. The molecule has 0 heterocycles. The fourth-order valence-corrected chi connectivity index (χ4v) is 0. The zero-order chi connectivity index (χ0) is 2.00. The zero-order valence-electron chi connectivity index (χ0n) is 1.54. The van der Waals surface area contributed by atoms with Gasteiger partial charge in [-0.05, 0) is 0 Å². The van der Waals surface area contributed by atoms with Crippen LogP contribution in [0, 0.1) is 6.65 Å². The van der Waals surface area contributed by atoms with Crippen LogP contribution >= 0.6 is 0 Å². The van der Waals surface area contributed by atoms with E-state index in [0.29, 0.717) is 0 Å². The van der Waals surface area contributed by atoms with Crippen LogP contribution in [-0.4, -0.2) is 0 Å². The van der Waals surface area contributed by atoms with Crippen molar-refractivity contribution >= 4 is 0 Å². The van der Waals surface area contributed by atoms with Crippen molar-refractivity contribution in [2.45, 2.75) is 0 Å².